The lowest BCUT2D eigenvalue weighted by molar-refractivity contribution is -0.0472. The predicted molar refractivity (Wildman–Crippen MR) is 93.3 cm³/mol. The third-order valence-electron chi connectivity index (χ3n) is 3.95. The van der Waals surface area contributed by atoms with Gasteiger partial charge in [0.05, 0.1) is 12.2 Å². The van der Waals surface area contributed by atoms with Crippen LogP contribution in [-0.4, -0.2) is 48.3 Å². The third kappa shape index (κ3) is 3.95. The largest absolute Gasteiger partial charge is 0.372 e. The average molecular weight is 306 g/mol. The summed E-state index contributed by atoms with van der Waals surface area (Å²) in [5.41, 5.74) is 2.39. The van der Waals surface area contributed by atoms with Crippen molar-refractivity contribution in [3.05, 3.63) is 29.8 Å². The molecule has 21 heavy (non-hydrogen) atoms. The maximum Gasteiger partial charge on any atom is 0.109 e. The van der Waals surface area contributed by atoms with Crippen LogP contribution in [0, 0.1) is 0 Å². The lowest BCUT2D eigenvalue weighted by atomic mass is 10.1. The maximum absolute atomic E-state index is 5.77. The number of benzene rings is 1. The fraction of sp³-hybridized carbons (Fsp3) is 0.588. The number of morpholine rings is 1. The van der Waals surface area contributed by atoms with Gasteiger partial charge in [0, 0.05) is 37.4 Å². The van der Waals surface area contributed by atoms with Crippen LogP contribution in [-0.2, 0) is 4.74 Å². The Bertz CT molecular complexity index is 460. The van der Waals surface area contributed by atoms with Gasteiger partial charge >= 0.3 is 0 Å². The zero-order valence-corrected chi connectivity index (χ0v) is 14.3. The molecule has 1 saturated heterocycles. The number of thiocarbonyl (C=S) groups is 1. The molecule has 4 heteroatoms. The van der Waals surface area contributed by atoms with Gasteiger partial charge in [-0.1, -0.05) is 12.2 Å². The Labute approximate surface area is 133 Å². The maximum atomic E-state index is 5.77. The molecule has 116 valence electrons. The summed E-state index contributed by atoms with van der Waals surface area (Å²) in [5.74, 6) is 0. The average Bonchev–Trinajstić information content (AvgIpc) is 2.47. The Morgan fingerprint density at radius 2 is 1.67 bits per heavy atom. The van der Waals surface area contributed by atoms with Crippen molar-refractivity contribution in [2.75, 3.05) is 31.1 Å². The van der Waals surface area contributed by atoms with Crippen molar-refractivity contribution in [1.29, 1.82) is 0 Å². The number of nitrogens with zero attached hydrogens (tertiary/aromatic N) is 2. The van der Waals surface area contributed by atoms with E-state index in [1.807, 2.05) is 0 Å². The summed E-state index contributed by atoms with van der Waals surface area (Å²) in [6.45, 7) is 12.4. The standard InChI is InChI=1S/C17H26N2OS/c1-5-18(6-2)16-9-7-15(8-10-16)17(21)19-11-13(3)20-14(4)12-19/h7-10,13-14H,5-6,11-12H2,1-4H3/t13-,14+. The Balaban J connectivity index is 2.09. The molecule has 1 aliphatic heterocycles. The quantitative estimate of drug-likeness (QED) is 0.793. The van der Waals surface area contributed by atoms with Gasteiger partial charge in [-0.25, -0.2) is 0 Å². The second-order valence-electron chi connectivity index (χ2n) is 5.69. The van der Waals surface area contributed by atoms with E-state index in [9.17, 15) is 0 Å². The first-order valence-electron chi connectivity index (χ1n) is 7.84. The van der Waals surface area contributed by atoms with Crippen LogP contribution in [0.5, 0.6) is 0 Å². The molecule has 1 fully saturated rings. The first-order chi connectivity index (χ1) is 10.0. The highest BCUT2D eigenvalue weighted by atomic mass is 32.1. The molecule has 0 saturated carbocycles. The molecule has 0 aromatic heterocycles. The Morgan fingerprint density at radius 1 is 1.14 bits per heavy atom. The van der Waals surface area contributed by atoms with Gasteiger partial charge in [0.25, 0.3) is 0 Å². The fourth-order valence-electron chi connectivity index (χ4n) is 2.93. The SMILES string of the molecule is CCN(CC)c1ccc(C(=S)N2C[C@@H](C)O[C@@H](C)C2)cc1. The van der Waals surface area contributed by atoms with E-state index in [0.717, 1.165) is 36.7 Å². The van der Waals surface area contributed by atoms with Crippen LogP contribution in [0.25, 0.3) is 0 Å². The summed E-state index contributed by atoms with van der Waals surface area (Å²) in [5, 5.41) is 0. The molecule has 2 atom stereocenters. The molecule has 0 spiro atoms. The molecule has 1 aromatic carbocycles. The first-order valence-corrected chi connectivity index (χ1v) is 8.25. The van der Waals surface area contributed by atoms with Crippen LogP contribution < -0.4 is 4.90 Å². The zero-order valence-electron chi connectivity index (χ0n) is 13.5. The summed E-state index contributed by atoms with van der Waals surface area (Å²) in [4.78, 5) is 5.54. The minimum Gasteiger partial charge on any atom is -0.372 e. The van der Waals surface area contributed by atoms with Gasteiger partial charge in [0.2, 0.25) is 0 Å². The monoisotopic (exact) mass is 306 g/mol. The number of hydrogen-bond acceptors (Lipinski definition) is 3. The van der Waals surface area contributed by atoms with E-state index in [4.69, 9.17) is 17.0 Å². The molecular formula is C17H26N2OS. The lowest BCUT2D eigenvalue weighted by Crippen LogP contribution is -2.47. The minimum atomic E-state index is 0.238. The van der Waals surface area contributed by atoms with Crippen LogP contribution in [0.3, 0.4) is 0 Å². The Hall–Kier alpha value is -1.13. The number of anilines is 1. The fourth-order valence-corrected chi connectivity index (χ4v) is 3.22. The Kier molecular flexibility index (Phi) is 5.59. The van der Waals surface area contributed by atoms with Gasteiger partial charge in [-0.2, -0.15) is 0 Å². The second kappa shape index (κ2) is 7.23. The predicted octanol–water partition coefficient (Wildman–Crippen LogP) is 3.32. The summed E-state index contributed by atoms with van der Waals surface area (Å²) in [6, 6.07) is 8.62. The van der Waals surface area contributed by atoms with Crippen LogP contribution in [0.2, 0.25) is 0 Å². The van der Waals surface area contributed by atoms with E-state index in [1.165, 1.54) is 5.69 Å². The highest BCUT2D eigenvalue weighted by Gasteiger charge is 2.24. The number of hydrogen-bond donors (Lipinski definition) is 0. The number of ether oxygens (including phenoxy) is 1. The highest BCUT2D eigenvalue weighted by molar-refractivity contribution is 7.80. The van der Waals surface area contributed by atoms with Crippen molar-refractivity contribution in [2.24, 2.45) is 0 Å². The van der Waals surface area contributed by atoms with Crippen molar-refractivity contribution in [2.45, 2.75) is 39.9 Å². The van der Waals surface area contributed by atoms with Gasteiger partial charge in [0.15, 0.2) is 0 Å². The second-order valence-corrected chi connectivity index (χ2v) is 6.07. The number of rotatable bonds is 4. The van der Waals surface area contributed by atoms with Gasteiger partial charge < -0.3 is 14.5 Å². The third-order valence-corrected chi connectivity index (χ3v) is 4.44. The topological polar surface area (TPSA) is 15.7 Å². The summed E-state index contributed by atoms with van der Waals surface area (Å²) in [6.07, 6.45) is 0.475. The molecule has 0 aliphatic carbocycles. The van der Waals surface area contributed by atoms with E-state index in [-0.39, 0.29) is 12.2 Å². The smallest absolute Gasteiger partial charge is 0.109 e. The molecule has 1 aliphatic rings. The van der Waals surface area contributed by atoms with Crippen molar-refractivity contribution >= 4 is 22.9 Å². The molecule has 0 amide bonds. The summed E-state index contributed by atoms with van der Waals surface area (Å²) >= 11 is 5.67. The molecule has 1 heterocycles. The van der Waals surface area contributed by atoms with E-state index in [2.05, 4.69) is 61.8 Å². The molecule has 0 bridgehead atoms. The molecule has 0 unspecified atom stereocenters. The van der Waals surface area contributed by atoms with Gasteiger partial charge in [0.1, 0.15) is 4.99 Å². The molecule has 1 aromatic rings. The molecular weight excluding hydrogens is 280 g/mol. The van der Waals surface area contributed by atoms with Gasteiger partial charge in [-0.3, -0.25) is 0 Å². The molecule has 3 nitrogen and oxygen atoms in total. The van der Waals surface area contributed by atoms with E-state index < -0.39 is 0 Å². The molecule has 0 radical (unpaired) electrons. The molecule has 0 N–H and O–H groups in total. The van der Waals surface area contributed by atoms with Crippen LogP contribution >= 0.6 is 12.2 Å². The lowest BCUT2D eigenvalue weighted by Gasteiger charge is -2.37. The van der Waals surface area contributed by atoms with Gasteiger partial charge in [-0.05, 0) is 52.0 Å². The van der Waals surface area contributed by atoms with E-state index >= 15 is 0 Å². The first kappa shape index (κ1) is 16.2. The van der Waals surface area contributed by atoms with Crippen molar-refractivity contribution < 1.29 is 4.74 Å². The van der Waals surface area contributed by atoms with Crippen molar-refractivity contribution in [3.63, 3.8) is 0 Å². The van der Waals surface area contributed by atoms with Gasteiger partial charge in [-0.15, -0.1) is 0 Å². The normalized spacial score (nSPS) is 22.2. The van der Waals surface area contributed by atoms with Crippen LogP contribution in [0.15, 0.2) is 24.3 Å². The summed E-state index contributed by atoms with van der Waals surface area (Å²) in [7, 11) is 0. The zero-order chi connectivity index (χ0) is 15.4. The Morgan fingerprint density at radius 3 is 2.14 bits per heavy atom. The van der Waals surface area contributed by atoms with Crippen molar-refractivity contribution in [3.8, 4) is 0 Å². The van der Waals surface area contributed by atoms with E-state index in [0.29, 0.717) is 0 Å². The molecule has 2 rings (SSSR count). The van der Waals surface area contributed by atoms with E-state index in [1.54, 1.807) is 0 Å². The minimum absolute atomic E-state index is 0.238. The van der Waals surface area contributed by atoms with Crippen molar-refractivity contribution in [1.82, 2.24) is 4.90 Å². The highest BCUT2D eigenvalue weighted by Crippen LogP contribution is 2.19. The van der Waals surface area contributed by atoms with Crippen LogP contribution in [0.4, 0.5) is 5.69 Å². The summed E-state index contributed by atoms with van der Waals surface area (Å²) < 4.78 is 5.77. The van der Waals surface area contributed by atoms with Crippen LogP contribution in [0.1, 0.15) is 33.3 Å².